The molecule has 8 heteroatoms. The lowest BCUT2D eigenvalue weighted by molar-refractivity contribution is 0.582. The van der Waals surface area contributed by atoms with Crippen LogP contribution in [-0.2, 0) is 17.1 Å². The summed E-state index contributed by atoms with van der Waals surface area (Å²) in [7, 11) is -2.12. The lowest BCUT2D eigenvalue weighted by Gasteiger charge is -2.08. The topological polar surface area (TPSA) is 114 Å². The second-order valence-corrected chi connectivity index (χ2v) is 5.52. The van der Waals surface area contributed by atoms with E-state index in [0.717, 1.165) is 0 Å². The number of aryl methyl sites for hydroxylation is 1. The van der Waals surface area contributed by atoms with Crippen molar-refractivity contribution in [1.82, 2.24) is 9.78 Å². The van der Waals surface area contributed by atoms with E-state index < -0.39 is 10.0 Å². The first-order chi connectivity index (χ1) is 8.90. The van der Waals surface area contributed by atoms with Crippen LogP contribution in [0, 0.1) is 5.41 Å². The minimum atomic E-state index is -3.67. The molecule has 1 aromatic carbocycles. The molecule has 0 aliphatic carbocycles. The van der Waals surface area contributed by atoms with Crippen molar-refractivity contribution >= 4 is 21.5 Å². The van der Waals surface area contributed by atoms with E-state index in [0.29, 0.717) is 11.3 Å². The summed E-state index contributed by atoms with van der Waals surface area (Å²) in [6.45, 7) is 0. The maximum atomic E-state index is 12.1. The van der Waals surface area contributed by atoms with Crippen molar-refractivity contribution < 1.29 is 8.42 Å². The fourth-order valence-corrected chi connectivity index (χ4v) is 2.74. The van der Waals surface area contributed by atoms with Gasteiger partial charge in [0.1, 0.15) is 5.84 Å². The van der Waals surface area contributed by atoms with Crippen LogP contribution in [0.3, 0.4) is 0 Å². The quantitative estimate of drug-likeness (QED) is 0.558. The summed E-state index contributed by atoms with van der Waals surface area (Å²) in [6, 6.07) is 7.65. The van der Waals surface area contributed by atoms with E-state index in [-0.39, 0.29) is 10.9 Å². The average Bonchev–Trinajstić information content (AvgIpc) is 2.76. The number of nitrogen functional groups attached to an aromatic ring is 1. The number of nitrogens with one attached hydrogen (secondary N) is 2. The van der Waals surface area contributed by atoms with Crippen molar-refractivity contribution in [2.75, 3.05) is 4.72 Å². The van der Waals surface area contributed by atoms with Crippen LogP contribution in [0.2, 0.25) is 0 Å². The number of aromatic nitrogens is 2. The molecule has 100 valence electrons. The molecule has 0 aliphatic rings. The van der Waals surface area contributed by atoms with E-state index >= 15 is 0 Å². The number of hydrogen-bond acceptors (Lipinski definition) is 4. The Balaban J connectivity index is 2.26. The highest BCUT2D eigenvalue weighted by atomic mass is 32.2. The molecule has 2 rings (SSSR count). The summed E-state index contributed by atoms with van der Waals surface area (Å²) < 4.78 is 27.8. The maximum Gasteiger partial charge on any atom is 0.279 e. The van der Waals surface area contributed by atoms with Crippen molar-refractivity contribution in [3.63, 3.8) is 0 Å². The van der Waals surface area contributed by atoms with Gasteiger partial charge in [0.25, 0.3) is 10.0 Å². The number of nitrogens with two attached hydrogens (primary N) is 1. The summed E-state index contributed by atoms with van der Waals surface area (Å²) in [5, 5.41) is 11.1. The molecular weight excluding hydrogens is 266 g/mol. The van der Waals surface area contributed by atoms with Gasteiger partial charge in [-0.2, -0.15) is 13.5 Å². The van der Waals surface area contributed by atoms with Crippen LogP contribution in [0.25, 0.3) is 0 Å². The molecule has 0 saturated carbocycles. The van der Waals surface area contributed by atoms with Gasteiger partial charge in [0.05, 0.1) is 6.20 Å². The SMILES string of the molecule is Cn1nccc1S(=O)(=O)Nc1ccc(C(=N)N)cc1. The molecule has 1 heterocycles. The molecule has 0 amide bonds. The summed E-state index contributed by atoms with van der Waals surface area (Å²) in [5.41, 5.74) is 6.25. The van der Waals surface area contributed by atoms with Gasteiger partial charge in [-0.05, 0) is 30.3 Å². The van der Waals surface area contributed by atoms with Gasteiger partial charge < -0.3 is 5.73 Å². The third kappa shape index (κ3) is 2.74. The van der Waals surface area contributed by atoms with E-state index in [2.05, 4.69) is 9.82 Å². The Morgan fingerprint density at radius 2 is 1.95 bits per heavy atom. The largest absolute Gasteiger partial charge is 0.384 e. The number of nitrogens with zero attached hydrogens (tertiary/aromatic N) is 2. The summed E-state index contributed by atoms with van der Waals surface area (Å²) in [4.78, 5) is 0. The minimum Gasteiger partial charge on any atom is -0.384 e. The summed E-state index contributed by atoms with van der Waals surface area (Å²) in [5.74, 6) is -0.0685. The number of amidine groups is 1. The van der Waals surface area contributed by atoms with Crippen molar-refractivity contribution in [3.8, 4) is 0 Å². The molecule has 1 aromatic heterocycles. The molecular formula is C11H13N5O2S. The van der Waals surface area contributed by atoms with Gasteiger partial charge in [-0.3, -0.25) is 14.8 Å². The molecule has 0 radical (unpaired) electrons. The Morgan fingerprint density at radius 3 is 2.42 bits per heavy atom. The third-order valence-electron chi connectivity index (χ3n) is 2.50. The average molecular weight is 279 g/mol. The van der Waals surface area contributed by atoms with Crippen LogP contribution in [-0.4, -0.2) is 24.0 Å². The highest BCUT2D eigenvalue weighted by Crippen LogP contribution is 2.15. The normalized spacial score (nSPS) is 11.2. The number of benzene rings is 1. The Bertz CT molecular complexity index is 703. The zero-order chi connectivity index (χ0) is 14.0. The van der Waals surface area contributed by atoms with E-state index in [9.17, 15) is 8.42 Å². The minimum absolute atomic E-state index is 0.0685. The molecule has 0 aliphatic heterocycles. The number of hydrogen-bond donors (Lipinski definition) is 3. The van der Waals surface area contributed by atoms with Gasteiger partial charge in [-0.1, -0.05) is 0 Å². The van der Waals surface area contributed by atoms with Gasteiger partial charge in [0.2, 0.25) is 0 Å². The van der Waals surface area contributed by atoms with Gasteiger partial charge in [-0.15, -0.1) is 0 Å². The second-order valence-electron chi connectivity index (χ2n) is 3.89. The standard InChI is InChI=1S/C11H13N5O2S/c1-16-10(6-7-14-16)19(17,18)15-9-4-2-8(3-5-9)11(12)13/h2-7,15H,1H3,(H3,12,13). The molecule has 4 N–H and O–H groups in total. The first-order valence-electron chi connectivity index (χ1n) is 5.35. The molecule has 0 fully saturated rings. The van der Waals surface area contributed by atoms with Crippen LogP contribution < -0.4 is 10.5 Å². The fourth-order valence-electron chi connectivity index (χ4n) is 1.55. The number of sulfonamides is 1. The second kappa shape index (κ2) is 4.73. The summed E-state index contributed by atoms with van der Waals surface area (Å²) >= 11 is 0. The molecule has 2 aromatic rings. The van der Waals surface area contributed by atoms with Gasteiger partial charge in [0.15, 0.2) is 5.03 Å². The predicted octanol–water partition coefficient (Wildman–Crippen LogP) is 0.505. The molecule has 0 spiro atoms. The molecule has 0 saturated heterocycles. The Kier molecular flexibility index (Phi) is 3.26. The first kappa shape index (κ1) is 13.1. The van der Waals surface area contributed by atoms with E-state index in [1.54, 1.807) is 31.3 Å². The molecule has 0 atom stereocenters. The lowest BCUT2D eigenvalue weighted by atomic mass is 10.2. The highest BCUT2D eigenvalue weighted by Gasteiger charge is 2.17. The molecule has 19 heavy (non-hydrogen) atoms. The van der Waals surface area contributed by atoms with Gasteiger partial charge in [-0.25, -0.2) is 0 Å². The van der Waals surface area contributed by atoms with Crippen LogP contribution >= 0.6 is 0 Å². The third-order valence-corrected chi connectivity index (χ3v) is 3.95. The van der Waals surface area contributed by atoms with Crippen molar-refractivity contribution in [1.29, 1.82) is 5.41 Å². The van der Waals surface area contributed by atoms with E-state index in [4.69, 9.17) is 11.1 Å². The predicted molar refractivity (Wildman–Crippen MR) is 71.5 cm³/mol. The molecule has 7 nitrogen and oxygen atoms in total. The summed E-state index contributed by atoms with van der Waals surface area (Å²) in [6.07, 6.45) is 1.41. The Hall–Kier alpha value is -2.35. The van der Waals surface area contributed by atoms with Gasteiger partial charge in [0, 0.05) is 18.3 Å². The number of rotatable bonds is 4. The Morgan fingerprint density at radius 1 is 1.32 bits per heavy atom. The maximum absolute atomic E-state index is 12.1. The fraction of sp³-hybridized carbons (Fsp3) is 0.0909. The highest BCUT2D eigenvalue weighted by molar-refractivity contribution is 7.92. The van der Waals surface area contributed by atoms with Crippen LogP contribution in [0.4, 0.5) is 5.69 Å². The van der Waals surface area contributed by atoms with Crippen LogP contribution in [0.5, 0.6) is 0 Å². The number of anilines is 1. The van der Waals surface area contributed by atoms with E-state index in [1.807, 2.05) is 0 Å². The van der Waals surface area contributed by atoms with Gasteiger partial charge >= 0.3 is 0 Å². The Labute approximate surface area is 110 Å². The van der Waals surface area contributed by atoms with E-state index in [1.165, 1.54) is 16.9 Å². The first-order valence-corrected chi connectivity index (χ1v) is 6.84. The molecule has 0 unspecified atom stereocenters. The van der Waals surface area contributed by atoms with Crippen molar-refractivity contribution in [2.45, 2.75) is 5.03 Å². The zero-order valence-corrected chi connectivity index (χ0v) is 11.0. The van der Waals surface area contributed by atoms with Crippen molar-refractivity contribution in [2.24, 2.45) is 12.8 Å². The molecule has 0 bridgehead atoms. The monoisotopic (exact) mass is 279 g/mol. The zero-order valence-electron chi connectivity index (χ0n) is 10.2. The smallest absolute Gasteiger partial charge is 0.279 e. The van der Waals surface area contributed by atoms with Crippen LogP contribution in [0.1, 0.15) is 5.56 Å². The van der Waals surface area contributed by atoms with Crippen LogP contribution in [0.15, 0.2) is 41.6 Å². The lowest BCUT2D eigenvalue weighted by Crippen LogP contribution is -2.17. The van der Waals surface area contributed by atoms with Crippen molar-refractivity contribution in [3.05, 3.63) is 42.1 Å².